The van der Waals surface area contributed by atoms with E-state index in [-0.39, 0.29) is 11.9 Å². The lowest BCUT2D eigenvalue weighted by molar-refractivity contribution is -0.135. The molecule has 1 spiro atoms. The number of carbonyl (C=O) groups excluding carboxylic acids is 2. The highest BCUT2D eigenvalue weighted by atomic mass is 16.2. The number of imide groups is 1. The third kappa shape index (κ3) is 4.81. The van der Waals surface area contributed by atoms with E-state index in [2.05, 4.69) is 43.0 Å². The van der Waals surface area contributed by atoms with Gasteiger partial charge in [-0.05, 0) is 44.8 Å². The van der Waals surface area contributed by atoms with Crippen LogP contribution in [0.5, 0.6) is 0 Å². The number of likely N-dealkylation sites (N-methyl/N-ethyl adjacent to an activating group) is 1. The first kappa shape index (κ1) is 21.8. The monoisotopic (exact) mass is 400 g/mol. The summed E-state index contributed by atoms with van der Waals surface area (Å²) in [6.07, 6.45) is 2.37. The predicted octanol–water partition coefficient (Wildman–Crippen LogP) is 2.89. The minimum absolute atomic E-state index is 0.0208. The van der Waals surface area contributed by atoms with Crippen molar-refractivity contribution in [3.05, 3.63) is 35.9 Å². The normalized spacial score (nSPS) is 19.9. The van der Waals surface area contributed by atoms with Crippen LogP contribution < -0.4 is 0 Å². The fourth-order valence-corrected chi connectivity index (χ4v) is 4.38. The van der Waals surface area contributed by atoms with Crippen LogP contribution in [0.4, 0.5) is 4.79 Å². The molecule has 0 aromatic heterocycles. The van der Waals surface area contributed by atoms with E-state index in [0.29, 0.717) is 25.6 Å². The molecule has 6 nitrogen and oxygen atoms in total. The largest absolute Gasteiger partial charge is 0.327 e. The van der Waals surface area contributed by atoms with E-state index in [9.17, 15) is 9.59 Å². The number of urea groups is 1. The first-order chi connectivity index (χ1) is 13.8. The van der Waals surface area contributed by atoms with Gasteiger partial charge < -0.3 is 9.80 Å². The molecule has 29 heavy (non-hydrogen) atoms. The molecule has 0 N–H and O–H groups in total. The van der Waals surface area contributed by atoms with Crippen molar-refractivity contribution in [2.24, 2.45) is 5.92 Å². The molecule has 0 unspecified atom stereocenters. The maximum Gasteiger partial charge on any atom is 0.327 e. The number of hydrogen-bond acceptors (Lipinski definition) is 4. The fourth-order valence-electron chi connectivity index (χ4n) is 4.38. The lowest BCUT2D eigenvalue weighted by atomic mass is 9.85. The lowest BCUT2D eigenvalue weighted by Gasteiger charge is -2.42. The summed E-state index contributed by atoms with van der Waals surface area (Å²) in [6, 6.07) is 10.4. The summed E-state index contributed by atoms with van der Waals surface area (Å²) in [5.41, 5.74) is 0.646. The standard InChI is InChI=1S/C23H36N4O2/c1-19(2)10-13-27-22(29)26(17-16-24(3)4)21(28)23(27)11-14-25(15-12-23)18-20-8-6-5-7-9-20/h5-9,19H,10-18H2,1-4H3. The van der Waals surface area contributed by atoms with Gasteiger partial charge in [-0.15, -0.1) is 0 Å². The van der Waals surface area contributed by atoms with Crippen molar-refractivity contribution >= 4 is 11.9 Å². The van der Waals surface area contributed by atoms with E-state index < -0.39 is 5.54 Å². The van der Waals surface area contributed by atoms with E-state index in [4.69, 9.17) is 0 Å². The maximum absolute atomic E-state index is 13.5. The Morgan fingerprint density at radius 2 is 1.69 bits per heavy atom. The van der Waals surface area contributed by atoms with Crippen molar-refractivity contribution in [1.82, 2.24) is 19.6 Å². The zero-order chi connectivity index (χ0) is 21.0. The zero-order valence-corrected chi connectivity index (χ0v) is 18.4. The average molecular weight is 401 g/mol. The van der Waals surface area contributed by atoms with E-state index in [1.807, 2.05) is 30.0 Å². The number of carbonyl (C=O) groups is 2. The zero-order valence-electron chi connectivity index (χ0n) is 18.4. The minimum atomic E-state index is -0.647. The van der Waals surface area contributed by atoms with Crippen LogP contribution in [0.3, 0.4) is 0 Å². The van der Waals surface area contributed by atoms with Gasteiger partial charge in [0.2, 0.25) is 0 Å². The molecule has 2 heterocycles. The van der Waals surface area contributed by atoms with Crippen LogP contribution in [0.1, 0.15) is 38.7 Å². The topological polar surface area (TPSA) is 47.1 Å². The summed E-state index contributed by atoms with van der Waals surface area (Å²) < 4.78 is 0. The van der Waals surface area contributed by atoms with Gasteiger partial charge in [0.05, 0.1) is 0 Å². The van der Waals surface area contributed by atoms with Gasteiger partial charge in [0.25, 0.3) is 5.91 Å². The number of amides is 3. The number of likely N-dealkylation sites (tertiary alicyclic amines) is 1. The Labute approximate surface area is 175 Å². The predicted molar refractivity (Wildman–Crippen MR) is 116 cm³/mol. The van der Waals surface area contributed by atoms with Gasteiger partial charge in [-0.1, -0.05) is 44.2 Å². The van der Waals surface area contributed by atoms with Crippen LogP contribution in [-0.2, 0) is 11.3 Å². The van der Waals surface area contributed by atoms with Crippen molar-refractivity contribution in [3.8, 4) is 0 Å². The third-order valence-corrected chi connectivity index (χ3v) is 6.25. The average Bonchev–Trinajstić information content (AvgIpc) is 2.87. The highest BCUT2D eigenvalue weighted by Crippen LogP contribution is 2.38. The van der Waals surface area contributed by atoms with Crippen molar-refractivity contribution in [2.45, 2.75) is 45.2 Å². The highest BCUT2D eigenvalue weighted by molar-refractivity contribution is 6.07. The van der Waals surface area contributed by atoms with Gasteiger partial charge >= 0.3 is 6.03 Å². The van der Waals surface area contributed by atoms with E-state index in [1.54, 1.807) is 0 Å². The molecular weight excluding hydrogens is 364 g/mol. The molecule has 0 aliphatic carbocycles. The molecule has 160 valence electrons. The molecule has 0 saturated carbocycles. The molecule has 0 atom stereocenters. The van der Waals surface area contributed by atoms with Crippen molar-refractivity contribution in [1.29, 1.82) is 0 Å². The summed E-state index contributed by atoms with van der Waals surface area (Å²) in [6.45, 7) is 8.75. The van der Waals surface area contributed by atoms with Gasteiger partial charge in [-0.3, -0.25) is 14.6 Å². The van der Waals surface area contributed by atoms with Crippen molar-refractivity contribution < 1.29 is 9.59 Å². The summed E-state index contributed by atoms with van der Waals surface area (Å²) in [5, 5.41) is 0. The minimum Gasteiger partial charge on any atom is -0.309 e. The first-order valence-corrected chi connectivity index (χ1v) is 10.9. The maximum atomic E-state index is 13.5. The molecule has 1 aromatic carbocycles. The van der Waals surface area contributed by atoms with E-state index >= 15 is 0 Å². The Hall–Kier alpha value is -1.92. The highest BCUT2D eigenvalue weighted by Gasteiger charge is 2.57. The second-order valence-electron chi connectivity index (χ2n) is 9.17. The molecule has 0 bridgehead atoms. The second kappa shape index (κ2) is 9.26. The SMILES string of the molecule is CC(C)CCN1C(=O)N(CCN(C)C)C(=O)C12CCN(Cc1ccccc1)CC2. The van der Waals surface area contributed by atoms with E-state index in [1.165, 1.54) is 10.5 Å². The number of rotatable bonds is 8. The molecular formula is C23H36N4O2. The number of benzene rings is 1. The van der Waals surface area contributed by atoms with E-state index in [0.717, 1.165) is 38.9 Å². The smallest absolute Gasteiger partial charge is 0.309 e. The van der Waals surface area contributed by atoms with Crippen LogP contribution >= 0.6 is 0 Å². The molecule has 2 saturated heterocycles. The van der Waals surface area contributed by atoms with Crippen LogP contribution in [-0.4, -0.2) is 83.9 Å². The van der Waals surface area contributed by atoms with Gasteiger partial charge in [0.15, 0.2) is 0 Å². The Kier molecular flexibility index (Phi) is 6.96. The lowest BCUT2D eigenvalue weighted by Crippen LogP contribution is -2.56. The molecule has 3 rings (SSSR count). The van der Waals surface area contributed by atoms with Crippen LogP contribution in [0, 0.1) is 5.92 Å². The summed E-state index contributed by atoms with van der Waals surface area (Å²) in [4.78, 5) is 34.5. The molecule has 2 aliphatic rings. The molecule has 3 amide bonds. The molecule has 2 aliphatic heterocycles. The number of nitrogens with zero attached hydrogens (tertiary/aromatic N) is 4. The first-order valence-electron chi connectivity index (χ1n) is 10.9. The Balaban J connectivity index is 1.73. The third-order valence-electron chi connectivity index (χ3n) is 6.25. The van der Waals surface area contributed by atoms with Gasteiger partial charge in [-0.25, -0.2) is 4.79 Å². The van der Waals surface area contributed by atoms with Gasteiger partial charge in [-0.2, -0.15) is 0 Å². The number of piperidine rings is 1. The Morgan fingerprint density at radius 3 is 2.28 bits per heavy atom. The molecule has 1 aromatic rings. The quantitative estimate of drug-likeness (QED) is 0.630. The molecule has 2 fully saturated rings. The van der Waals surface area contributed by atoms with Crippen molar-refractivity contribution in [2.75, 3.05) is 46.8 Å². The van der Waals surface area contributed by atoms with Crippen molar-refractivity contribution in [3.63, 3.8) is 0 Å². The molecule has 0 radical (unpaired) electrons. The summed E-state index contributed by atoms with van der Waals surface area (Å²) in [7, 11) is 3.94. The molecule has 6 heteroatoms. The van der Waals surface area contributed by atoms with Crippen LogP contribution in [0.25, 0.3) is 0 Å². The van der Waals surface area contributed by atoms with Crippen LogP contribution in [0.2, 0.25) is 0 Å². The van der Waals surface area contributed by atoms with Crippen LogP contribution in [0.15, 0.2) is 30.3 Å². The number of hydrogen-bond donors (Lipinski definition) is 0. The second-order valence-corrected chi connectivity index (χ2v) is 9.17. The Bertz CT molecular complexity index is 696. The fraction of sp³-hybridized carbons (Fsp3) is 0.652. The summed E-state index contributed by atoms with van der Waals surface area (Å²) in [5.74, 6) is 0.524. The van der Waals surface area contributed by atoms with Gasteiger partial charge in [0, 0.05) is 39.3 Å². The Morgan fingerprint density at radius 1 is 1.03 bits per heavy atom. The van der Waals surface area contributed by atoms with Gasteiger partial charge in [0.1, 0.15) is 5.54 Å². The summed E-state index contributed by atoms with van der Waals surface area (Å²) >= 11 is 0.